The predicted molar refractivity (Wildman–Crippen MR) is 101 cm³/mol. The molecule has 0 saturated carbocycles. The Morgan fingerprint density at radius 1 is 1.15 bits per heavy atom. The molecular weight excluding hydrogens is 346 g/mol. The first-order valence-electron chi connectivity index (χ1n) is 9.01. The maximum Gasteiger partial charge on any atom is 0.313 e. The zero-order valence-corrected chi connectivity index (χ0v) is 15.3. The standard InChI is InChI=1S/C21H23NO5/c1-2-25-21(24)12-17(23)15-27-18-8-9-20-19(13-18)22(10-11-26-20)14-16-6-4-3-5-7-16/h3-9,13H,2,10-12,14-15H2,1H3. The molecule has 0 N–H and O–H groups in total. The van der Waals surface area contributed by atoms with E-state index in [-0.39, 0.29) is 25.4 Å². The van der Waals surface area contributed by atoms with E-state index in [9.17, 15) is 9.59 Å². The number of benzene rings is 2. The lowest BCUT2D eigenvalue weighted by Gasteiger charge is -2.31. The van der Waals surface area contributed by atoms with Gasteiger partial charge in [-0.25, -0.2) is 0 Å². The topological polar surface area (TPSA) is 65.1 Å². The van der Waals surface area contributed by atoms with Gasteiger partial charge in [-0.3, -0.25) is 9.59 Å². The summed E-state index contributed by atoms with van der Waals surface area (Å²) in [4.78, 5) is 25.4. The van der Waals surface area contributed by atoms with Crippen LogP contribution in [-0.4, -0.2) is 38.1 Å². The van der Waals surface area contributed by atoms with Gasteiger partial charge >= 0.3 is 5.97 Å². The van der Waals surface area contributed by atoms with E-state index in [1.54, 1.807) is 13.0 Å². The van der Waals surface area contributed by atoms with Crippen LogP contribution in [0.2, 0.25) is 0 Å². The Balaban J connectivity index is 1.64. The SMILES string of the molecule is CCOC(=O)CC(=O)COc1ccc2c(c1)N(Cc1ccccc1)CCO2. The molecular formula is C21H23NO5. The Kier molecular flexibility index (Phi) is 6.30. The molecule has 142 valence electrons. The van der Waals surface area contributed by atoms with E-state index >= 15 is 0 Å². The Morgan fingerprint density at radius 3 is 2.74 bits per heavy atom. The second-order valence-corrected chi connectivity index (χ2v) is 6.19. The second kappa shape index (κ2) is 9.07. The van der Waals surface area contributed by atoms with Gasteiger partial charge in [0.25, 0.3) is 0 Å². The number of nitrogens with zero attached hydrogens (tertiary/aromatic N) is 1. The van der Waals surface area contributed by atoms with Crippen molar-refractivity contribution in [2.45, 2.75) is 19.9 Å². The fourth-order valence-electron chi connectivity index (χ4n) is 2.90. The number of hydrogen-bond acceptors (Lipinski definition) is 6. The Morgan fingerprint density at radius 2 is 1.96 bits per heavy atom. The van der Waals surface area contributed by atoms with E-state index in [0.29, 0.717) is 12.4 Å². The molecule has 0 aliphatic carbocycles. The highest BCUT2D eigenvalue weighted by Gasteiger charge is 2.19. The van der Waals surface area contributed by atoms with Gasteiger partial charge in [-0.1, -0.05) is 30.3 Å². The number of esters is 1. The highest BCUT2D eigenvalue weighted by Crippen LogP contribution is 2.35. The third-order valence-electron chi connectivity index (χ3n) is 4.15. The third kappa shape index (κ3) is 5.23. The fraction of sp³-hybridized carbons (Fsp3) is 0.333. The molecule has 0 amide bonds. The summed E-state index contributed by atoms with van der Waals surface area (Å²) in [5, 5.41) is 0. The normalized spacial score (nSPS) is 12.7. The molecule has 1 heterocycles. The van der Waals surface area contributed by atoms with Gasteiger partial charge < -0.3 is 19.1 Å². The number of rotatable bonds is 8. The van der Waals surface area contributed by atoms with Crippen LogP contribution < -0.4 is 14.4 Å². The van der Waals surface area contributed by atoms with Crippen LogP contribution in [0.5, 0.6) is 11.5 Å². The number of hydrogen-bond donors (Lipinski definition) is 0. The molecule has 0 unspecified atom stereocenters. The first-order valence-corrected chi connectivity index (χ1v) is 9.01. The number of fused-ring (bicyclic) bond motifs is 1. The van der Waals surface area contributed by atoms with Crippen LogP contribution in [0.15, 0.2) is 48.5 Å². The molecule has 0 saturated heterocycles. The molecule has 0 spiro atoms. The van der Waals surface area contributed by atoms with E-state index in [1.807, 2.05) is 30.3 Å². The molecule has 0 radical (unpaired) electrons. The first-order chi connectivity index (χ1) is 13.2. The summed E-state index contributed by atoms with van der Waals surface area (Å²) < 4.78 is 16.1. The van der Waals surface area contributed by atoms with Crippen LogP contribution in [0.3, 0.4) is 0 Å². The number of anilines is 1. The van der Waals surface area contributed by atoms with Crippen LogP contribution in [0, 0.1) is 0 Å². The summed E-state index contributed by atoms with van der Waals surface area (Å²) in [6.45, 7) is 3.95. The molecule has 6 nitrogen and oxygen atoms in total. The zero-order chi connectivity index (χ0) is 19.1. The van der Waals surface area contributed by atoms with Crippen LogP contribution in [0.4, 0.5) is 5.69 Å². The van der Waals surface area contributed by atoms with Crippen molar-refractivity contribution in [2.24, 2.45) is 0 Å². The van der Waals surface area contributed by atoms with Gasteiger partial charge in [-0.05, 0) is 24.6 Å². The minimum atomic E-state index is -0.529. The molecule has 1 aliphatic rings. The maximum absolute atomic E-state index is 11.8. The van der Waals surface area contributed by atoms with Crippen molar-refractivity contribution < 1.29 is 23.8 Å². The smallest absolute Gasteiger partial charge is 0.313 e. The van der Waals surface area contributed by atoms with Gasteiger partial charge in [0.2, 0.25) is 0 Å². The lowest BCUT2D eigenvalue weighted by atomic mass is 10.1. The Hall–Kier alpha value is -3.02. The average molecular weight is 369 g/mol. The lowest BCUT2D eigenvalue weighted by Crippen LogP contribution is -2.32. The quantitative estimate of drug-likeness (QED) is 0.526. The second-order valence-electron chi connectivity index (χ2n) is 6.19. The fourth-order valence-corrected chi connectivity index (χ4v) is 2.90. The summed E-state index contributed by atoms with van der Waals surface area (Å²) >= 11 is 0. The van der Waals surface area contributed by atoms with Crippen molar-refractivity contribution in [3.05, 3.63) is 54.1 Å². The molecule has 0 bridgehead atoms. The molecule has 0 aromatic heterocycles. The highest BCUT2D eigenvalue weighted by molar-refractivity contribution is 5.96. The molecule has 2 aromatic rings. The molecule has 6 heteroatoms. The highest BCUT2D eigenvalue weighted by atomic mass is 16.5. The minimum absolute atomic E-state index is 0.170. The summed E-state index contributed by atoms with van der Waals surface area (Å²) in [5.41, 5.74) is 2.14. The molecule has 0 fully saturated rings. The zero-order valence-electron chi connectivity index (χ0n) is 15.3. The van der Waals surface area contributed by atoms with Crippen molar-refractivity contribution in [1.82, 2.24) is 0 Å². The lowest BCUT2D eigenvalue weighted by molar-refractivity contribution is -0.145. The predicted octanol–water partition coefficient (Wildman–Crippen LogP) is 2.99. The van der Waals surface area contributed by atoms with Crippen LogP contribution in [-0.2, 0) is 20.9 Å². The van der Waals surface area contributed by atoms with Gasteiger partial charge in [0, 0.05) is 12.6 Å². The largest absolute Gasteiger partial charge is 0.490 e. The molecule has 0 atom stereocenters. The summed E-state index contributed by atoms with van der Waals surface area (Å²) in [5.74, 6) is 0.513. The maximum atomic E-state index is 11.8. The van der Waals surface area contributed by atoms with Crippen LogP contribution in [0.1, 0.15) is 18.9 Å². The average Bonchev–Trinajstić information content (AvgIpc) is 2.67. The monoisotopic (exact) mass is 369 g/mol. The molecule has 1 aliphatic heterocycles. The first kappa shape index (κ1) is 18.8. The third-order valence-corrected chi connectivity index (χ3v) is 4.15. The number of carbonyl (C=O) groups excluding carboxylic acids is 2. The van der Waals surface area contributed by atoms with Gasteiger partial charge in [-0.15, -0.1) is 0 Å². The van der Waals surface area contributed by atoms with Crippen molar-refractivity contribution in [2.75, 3.05) is 31.3 Å². The van der Waals surface area contributed by atoms with E-state index in [2.05, 4.69) is 17.0 Å². The van der Waals surface area contributed by atoms with E-state index < -0.39 is 5.97 Å². The van der Waals surface area contributed by atoms with E-state index in [4.69, 9.17) is 14.2 Å². The van der Waals surface area contributed by atoms with Gasteiger partial charge in [0.05, 0.1) is 18.8 Å². The minimum Gasteiger partial charge on any atom is -0.490 e. The number of Topliss-reactive ketones (excluding diaryl/α,β-unsaturated/α-hetero) is 1. The molecule has 2 aromatic carbocycles. The van der Waals surface area contributed by atoms with Crippen molar-refractivity contribution in [3.63, 3.8) is 0 Å². The Bertz CT molecular complexity index is 790. The van der Waals surface area contributed by atoms with Crippen molar-refractivity contribution >= 4 is 17.4 Å². The van der Waals surface area contributed by atoms with E-state index in [1.165, 1.54) is 5.56 Å². The van der Waals surface area contributed by atoms with Gasteiger partial charge in [0.1, 0.15) is 31.1 Å². The summed E-state index contributed by atoms with van der Waals surface area (Å²) in [7, 11) is 0. The molecule has 27 heavy (non-hydrogen) atoms. The van der Waals surface area contributed by atoms with Crippen LogP contribution >= 0.6 is 0 Å². The molecule has 3 rings (SSSR count). The number of carbonyl (C=O) groups is 2. The van der Waals surface area contributed by atoms with Gasteiger partial charge in [-0.2, -0.15) is 0 Å². The van der Waals surface area contributed by atoms with Crippen molar-refractivity contribution in [3.8, 4) is 11.5 Å². The van der Waals surface area contributed by atoms with Crippen molar-refractivity contribution in [1.29, 1.82) is 0 Å². The van der Waals surface area contributed by atoms with Crippen LogP contribution in [0.25, 0.3) is 0 Å². The number of ketones is 1. The summed E-state index contributed by atoms with van der Waals surface area (Å²) in [6, 6.07) is 15.7. The Labute approximate surface area is 158 Å². The summed E-state index contributed by atoms with van der Waals surface area (Å²) in [6.07, 6.45) is -0.276. The number of ether oxygens (including phenoxy) is 3. The van der Waals surface area contributed by atoms with E-state index in [0.717, 1.165) is 24.5 Å². The van der Waals surface area contributed by atoms with Gasteiger partial charge in [0.15, 0.2) is 5.78 Å².